The number of hydrogen-bond acceptors (Lipinski definition) is 1. The molecule has 0 bridgehead atoms. The molecule has 1 nitrogen and oxygen atoms in total. The van der Waals surface area contributed by atoms with Gasteiger partial charge in [0.25, 0.3) is 0 Å². The maximum absolute atomic E-state index is 5.76. The Morgan fingerprint density at radius 1 is 0.774 bits per heavy atom. The Hall–Kier alpha value is -0.0957. The van der Waals surface area contributed by atoms with Crippen molar-refractivity contribution in [2.24, 2.45) is 4.74 Å². The van der Waals surface area contributed by atoms with E-state index in [0.29, 0.717) is 0 Å². The van der Waals surface area contributed by atoms with Gasteiger partial charge in [0.1, 0.15) is 0 Å². The summed E-state index contributed by atoms with van der Waals surface area (Å²) in [6, 6.07) is 0. The standard InChI is InChI=1S/C20H32NP.C8H14.Ti/c1-2-10-17(9-1)21-22(18-11-3-4-12-18,19-13-5-6-14-19)20-15-7-8-16-20;1-3-5-7-8-6-4-2;/h1-2,9,18-20H,3-8,10-16H2;5-8H,3-4H2,1-2H3;. The molecule has 0 radical (unpaired) electrons. The first-order chi connectivity index (χ1) is 14.8. The van der Waals surface area contributed by atoms with Gasteiger partial charge in [-0.25, -0.2) is 0 Å². The maximum Gasteiger partial charge on any atom is 0.0425 e. The van der Waals surface area contributed by atoms with Crippen molar-refractivity contribution < 1.29 is 21.7 Å². The predicted octanol–water partition coefficient (Wildman–Crippen LogP) is 9.78. The summed E-state index contributed by atoms with van der Waals surface area (Å²) < 4.78 is 5.76. The van der Waals surface area contributed by atoms with Crippen LogP contribution in [-0.4, -0.2) is 17.0 Å². The molecule has 4 aliphatic rings. The molecule has 0 amide bonds. The molecule has 31 heavy (non-hydrogen) atoms. The summed E-state index contributed by atoms with van der Waals surface area (Å²) in [4.78, 5) is 0. The van der Waals surface area contributed by atoms with Crippen LogP contribution in [0.1, 0.15) is 110 Å². The van der Waals surface area contributed by atoms with Crippen molar-refractivity contribution in [3.05, 3.63) is 48.2 Å². The fraction of sp³-hybridized carbons (Fsp3) is 0.714. The number of hydrogen-bond donors (Lipinski definition) is 0. The van der Waals surface area contributed by atoms with Crippen molar-refractivity contribution in [1.29, 1.82) is 0 Å². The van der Waals surface area contributed by atoms with Crippen LogP contribution in [-0.2, 0) is 21.7 Å². The summed E-state index contributed by atoms with van der Waals surface area (Å²) in [7, 11) is -1.17. The third-order valence-corrected chi connectivity index (χ3v) is 13.3. The molecule has 4 aliphatic carbocycles. The third-order valence-electron chi connectivity index (χ3n) is 7.64. The van der Waals surface area contributed by atoms with Crippen LogP contribution < -0.4 is 0 Å². The largest absolute Gasteiger partial charge is 0.271 e. The van der Waals surface area contributed by atoms with Crippen LogP contribution in [0.4, 0.5) is 0 Å². The van der Waals surface area contributed by atoms with Gasteiger partial charge in [-0.1, -0.05) is 88.8 Å². The van der Waals surface area contributed by atoms with Crippen molar-refractivity contribution in [2.75, 3.05) is 0 Å². The number of allylic oxidation sites excluding steroid dienone is 7. The zero-order chi connectivity index (χ0) is 21.1. The van der Waals surface area contributed by atoms with Gasteiger partial charge >= 0.3 is 0 Å². The molecule has 0 aliphatic heterocycles. The van der Waals surface area contributed by atoms with Gasteiger partial charge in [-0.3, -0.25) is 4.74 Å². The van der Waals surface area contributed by atoms with Crippen LogP contribution in [0.2, 0.25) is 0 Å². The molecular formula is C28H46NPTi. The minimum Gasteiger partial charge on any atom is -0.271 e. The fourth-order valence-electron chi connectivity index (χ4n) is 6.25. The van der Waals surface area contributed by atoms with Gasteiger partial charge in [0.05, 0.1) is 0 Å². The minimum atomic E-state index is -1.17. The molecule has 0 aromatic heterocycles. The SMILES string of the molecule is C1=CCC(N=P(C2CCCC2)(C2CCCC2)C2CCCC2)=C1.CCC=CC=CCC.[Ti]. The van der Waals surface area contributed by atoms with Gasteiger partial charge in [0, 0.05) is 33.8 Å². The van der Waals surface area contributed by atoms with Gasteiger partial charge in [-0.05, 0) is 81.5 Å². The summed E-state index contributed by atoms with van der Waals surface area (Å²) in [6.07, 6.45) is 36.7. The second-order valence-corrected chi connectivity index (χ2v) is 13.6. The predicted molar refractivity (Wildman–Crippen MR) is 137 cm³/mol. The van der Waals surface area contributed by atoms with E-state index < -0.39 is 7.05 Å². The summed E-state index contributed by atoms with van der Waals surface area (Å²) in [6.45, 7) is 4.27. The fourth-order valence-corrected chi connectivity index (χ4v) is 12.7. The van der Waals surface area contributed by atoms with Crippen LogP contribution in [0.25, 0.3) is 0 Å². The van der Waals surface area contributed by atoms with Gasteiger partial charge in [0.15, 0.2) is 0 Å². The molecule has 0 unspecified atom stereocenters. The molecule has 0 atom stereocenters. The molecule has 172 valence electrons. The molecule has 0 heterocycles. The number of rotatable bonds is 7. The van der Waals surface area contributed by atoms with Crippen molar-refractivity contribution in [3.63, 3.8) is 0 Å². The van der Waals surface area contributed by atoms with Crippen LogP contribution in [0.3, 0.4) is 0 Å². The molecule has 0 spiro atoms. The molecule has 0 aromatic rings. The van der Waals surface area contributed by atoms with E-state index in [9.17, 15) is 0 Å². The topological polar surface area (TPSA) is 12.4 Å². The minimum absolute atomic E-state index is 0. The molecule has 0 saturated heterocycles. The second kappa shape index (κ2) is 14.9. The first-order valence-corrected chi connectivity index (χ1v) is 15.0. The zero-order valence-corrected chi connectivity index (χ0v) is 22.7. The van der Waals surface area contributed by atoms with Crippen molar-refractivity contribution in [1.82, 2.24) is 0 Å². The van der Waals surface area contributed by atoms with E-state index in [4.69, 9.17) is 4.74 Å². The Balaban J connectivity index is 0.000000329. The van der Waals surface area contributed by atoms with E-state index in [1.165, 1.54) is 82.7 Å². The molecule has 3 saturated carbocycles. The smallest absolute Gasteiger partial charge is 0.0425 e. The Bertz CT molecular complexity index is 610. The molecular weight excluding hydrogens is 429 g/mol. The van der Waals surface area contributed by atoms with Crippen LogP contribution in [0.15, 0.2) is 53.0 Å². The van der Waals surface area contributed by atoms with E-state index in [1.807, 2.05) is 0 Å². The second-order valence-electron chi connectivity index (χ2n) is 9.67. The molecule has 0 aromatic carbocycles. The van der Waals surface area contributed by atoms with Crippen molar-refractivity contribution in [2.45, 2.75) is 127 Å². The van der Waals surface area contributed by atoms with Gasteiger partial charge in [0.2, 0.25) is 0 Å². The Morgan fingerprint density at radius 3 is 1.52 bits per heavy atom. The molecule has 3 heteroatoms. The maximum atomic E-state index is 5.76. The first-order valence-electron chi connectivity index (χ1n) is 13.1. The van der Waals surface area contributed by atoms with Gasteiger partial charge < -0.3 is 0 Å². The monoisotopic (exact) mass is 475 g/mol. The Kier molecular flexibility index (Phi) is 13.1. The summed E-state index contributed by atoms with van der Waals surface area (Å²) in [5.74, 6) is 0. The summed E-state index contributed by atoms with van der Waals surface area (Å²) in [5, 5.41) is 0. The average molecular weight is 476 g/mol. The normalized spacial score (nSPS) is 22.8. The van der Waals surface area contributed by atoms with Crippen LogP contribution in [0, 0.1) is 0 Å². The van der Waals surface area contributed by atoms with E-state index in [2.05, 4.69) is 56.4 Å². The van der Waals surface area contributed by atoms with Crippen molar-refractivity contribution in [3.8, 4) is 0 Å². The average Bonchev–Trinajstić information content (AvgIpc) is 3.59. The molecule has 3 fully saturated rings. The van der Waals surface area contributed by atoms with E-state index >= 15 is 0 Å². The Morgan fingerprint density at radius 2 is 1.19 bits per heavy atom. The number of nitrogens with zero attached hydrogens (tertiary/aromatic N) is 1. The molecule has 0 N–H and O–H groups in total. The Labute approximate surface area is 208 Å². The van der Waals surface area contributed by atoms with E-state index in [0.717, 1.165) is 36.2 Å². The van der Waals surface area contributed by atoms with Crippen molar-refractivity contribution >= 4 is 7.05 Å². The van der Waals surface area contributed by atoms with Crippen LogP contribution in [0.5, 0.6) is 0 Å². The van der Waals surface area contributed by atoms with Gasteiger partial charge in [-0.15, -0.1) is 0 Å². The van der Waals surface area contributed by atoms with Gasteiger partial charge in [-0.2, -0.15) is 0 Å². The van der Waals surface area contributed by atoms with Crippen LogP contribution >= 0.6 is 7.05 Å². The van der Waals surface area contributed by atoms with E-state index in [1.54, 1.807) is 0 Å². The van der Waals surface area contributed by atoms with E-state index in [-0.39, 0.29) is 21.7 Å². The summed E-state index contributed by atoms with van der Waals surface area (Å²) in [5.41, 5.74) is 4.44. The summed E-state index contributed by atoms with van der Waals surface area (Å²) >= 11 is 0. The quantitative estimate of drug-likeness (QED) is 0.197. The molecule has 4 rings (SSSR count). The first kappa shape index (κ1) is 27.2. The third kappa shape index (κ3) is 7.45. The zero-order valence-electron chi connectivity index (χ0n) is 20.3.